The lowest BCUT2D eigenvalue weighted by molar-refractivity contribution is 0.474. The number of hydrogen-bond donors (Lipinski definition) is 1. The Morgan fingerprint density at radius 2 is 1.83 bits per heavy atom. The Morgan fingerprint density at radius 1 is 1.04 bits per heavy atom. The van der Waals surface area contributed by atoms with Gasteiger partial charge < -0.3 is 10.0 Å². The summed E-state index contributed by atoms with van der Waals surface area (Å²) < 4.78 is 0. The number of aromatic hydroxyl groups is 1. The molecule has 4 heteroatoms. The standard InChI is InChI=1S/C19H19N3O/c23-16-7-5-14(6-8-16)11-15-9-10-22(13-15)19-12-20-17-3-1-2-4-18(17)21-19/h1-8,12,15,23H,9-11,13H2. The first-order chi connectivity index (χ1) is 11.3. The van der Waals surface area contributed by atoms with Crippen molar-refractivity contribution in [3.05, 3.63) is 60.3 Å². The first-order valence-corrected chi connectivity index (χ1v) is 8.02. The van der Waals surface area contributed by atoms with Crippen LogP contribution in [-0.2, 0) is 6.42 Å². The molecule has 1 aliphatic heterocycles. The third kappa shape index (κ3) is 2.97. The topological polar surface area (TPSA) is 49.2 Å². The van der Waals surface area contributed by atoms with Gasteiger partial charge in [0.05, 0.1) is 17.2 Å². The Hall–Kier alpha value is -2.62. The summed E-state index contributed by atoms with van der Waals surface area (Å²) in [4.78, 5) is 11.6. The van der Waals surface area contributed by atoms with Crippen molar-refractivity contribution < 1.29 is 5.11 Å². The average molecular weight is 305 g/mol. The predicted molar refractivity (Wildman–Crippen MR) is 91.7 cm³/mol. The fraction of sp³-hybridized carbons (Fsp3) is 0.263. The number of rotatable bonds is 3. The van der Waals surface area contributed by atoms with E-state index < -0.39 is 0 Å². The van der Waals surface area contributed by atoms with E-state index in [-0.39, 0.29) is 0 Å². The summed E-state index contributed by atoms with van der Waals surface area (Å²) in [6, 6.07) is 15.5. The summed E-state index contributed by atoms with van der Waals surface area (Å²) in [5, 5.41) is 9.37. The van der Waals surface area contributed by atoms with Crippen LogP contribution in [-0.4, -0.2) is 28.2 Å². The van der Waals surface area contributed by atoms with Crippen LogP contribution >= 0.6 is 0 Å². The lowest BCUT2D eigenvalue weighted by Gasteiger charge is -2.17. The number of aromatic nitrogens is 2. The Kier molecular flexibility index (Phi) is 3.58. The maximum atomic E-state index is 9.37. The third-order valence-electron chi connectivity index (χ3n) is 4.51. The molecule has 1 atom stereocenters. The average Bonchev–Trinajstić information content (AvgIpc) is 3.05. The highest BCUT2D eigenvalue weighted by Gasteiger charge is 2.24. The molecule has 2 heterocycles. The van der Waals surface area contributed by atoms with Crippen molar-refractivity contribution >= 4 is 16.9 Å². The van der Waals surface area contributed by atoms with E-state index in [1.165, 1.54) is 5.56 Å². The number of phenolic OH excluding ortho intramolecular Hbond substituents is 1. The highest BCUT2D eigenvalue weighted by atomic mass is 16.3. The van der Waals surface area contributed by atoms with Crippen LogP contribution in [0.15, 0.2) is 54.7 Å². The molecule has 0 spiro atoms. The quantitative estimate of drug-likeness (QED) is 0.805. The van der Waals surface area contributed by atoms with E-state index in [1.54, 1.807) is 12.1 Å². The van der Waals surface area contributed by atoms with E-state index in [4.69, 9.17) is 4.98 Å². The maximum Gasteiger partial charge on any atom is 0.147 e. The van der Waals surface area contributed by atoms with Crippen LogP contribution in [0.25, 0.3) is 11.0 Å². The Balaban J connectivity index is 1.47. The molecule has 1 N–H and O–H groups in total. The number of phenols is 1. The molecule has 0 aliphatic carbocycles. The van der Waals surface area contributed by atoms with Gasteiger partial charge in [-0.05, 0) is 48.6 Å². The number of hydrogen-bond acceptors (Lipinski definition) is 4. The fourth-order valence-corrected chi connectivity index (χ4v) is 3.27. The number of para-hydroxylation sites is 2. The van der Waals surface area contributed by atoms with E-state index in [2.05, 4.69) is 9.88 Å². The van der Waals surface area contributed by atoms with E-state index in [9.17, 15) is 5.11 Å². The van der Waals surface area contributed by atoms with Gasteiger partial charge in [-0.1, -0.05) is 24.3 Å². The molecule has 1 aromatic heterocycles. The number of anilines is 1. The van der Waals surface area contributed by atoms with Gasteiger partial charge in [-0.3, -0.25) is 4.98 Å². The van der Waals surface area contributed by atoms with Crippen LogP contribution in [0.5, 0.6) is 5.75 Å². The summed E-state index contributed by atoms with van der Waals surface area (Å²) in [5.74, 6) is 1.91. The second-order valence-corrected chi connectivity index (χ2v) is 6.19. The highest BCUT2D eigenvalue weighted by Crippen LogP contribution is 2.26. The van der Waals surface area contributed by atoms with E-state index in [0.717, 1.165) is 42.8 Å². The first kappa shape index (κ1) is 14.0. The molecule has 1 unspecified atom stereocenters. The molecule has 0 radical (unpaired) electrons. The van der Waals surface area contributed by atoms with Crippen LogP contribution in [0.1, 0.15) is 12.0 Å². The van der Waals surface area contributed by atoms with Gasteiger partial charge in [0.2, 0.25) is 0 Å². The molecule has 23 heavy (non-hydrogen) atoms. The van der Waals surface area contributed by atoms with Gasteiger partial charge in [-0.25, -0.2) is 4.98 Å². The Labute approximate surface area is 135 Å². The molecule has 2 aromatic carbocycles. The molecule has 116 valence electrons. The Morgan fingerprint density at radius 3 is 2.65 bits per heavy atom. The minimum atomic E-state index is 0.327. The van der Waals surface area contributed by atoms with Gasteiger partial charge in [0.25, 0.3) is 0 Å². The zero-order valence-electron chi connectivity index (χ0n) is 12.9. The lowest BCUT2D eigenvalue weighted by atomic mass is 9.99. The van der Waals surface area contributed by atoms with E-state index in [0.29, 0.717) is 11.7 Å². The molecular formula is C19H19N3O. The monoisotopic (exact) mass is 305 g/mol. The second-order valence-electron chi connectivity index (χ2n) is 6.19. The molecule has 1 saturated heterocycles. The smallest absolute Gasteiger partial charge is 0.147 e. The highest BCUT2D eigenvalue weighted by molar-refractivity contribution is 5.75. The summed E-state index contributed by atoms with van der Waals surface area (Å²) in [7, 11) is 0. The summed E-state index contributed by atoms with van der Waals surface area (Å²) in [6.45, 7) is 2.03. The van der Waals surface area contributed by atoms with Crippen LogP contribution in [0.2, 0.25) is 0 Å². The van der Waals surface area contributed by atoms with Crippen LogP contribution < -0.4 is 4.90 Å². The molecule has 3 aromatic rings. The van der Waals surface area contributed by atoms with Gasteiger partial charge in [-0.2, -0.15) is 0 Å². The molecule has 4 nitrogen and oxygen atoms in total. The van der Waals surface area contributed by atoms with Crippen molar-refractivity contribution in [1.29, 1.82) is 0 Å². The fourth-order valence-electron chi connectivity index (χ4n) is 3.27. The normalized spacial score (nSPS) is 17.7. The third-order valence-corrected chi connectivity index (χ3v) is 4.51. The summed E-state index contributed by atoms with van der Waals surface area (Å²) in [5.41, 5.74) is 3.17. The zero-order valence-corrected chi connectivity index (χ0v) is 12.9. The van der Waals surface area contributed by atoms with Gasteiger partial charge in [0.1, 0.15) is 11.6 Å². The van der Waals surface area contributed by atoms with Crippen molar-refractivity contribution in [3.63, 3.8) is 0 Å². The van der Waals surface area contributed by atoms with Crippen molar-refractivity contribution in [2.75, 3.05) is 18.0 Å². The van der Waals surface area contributed by atoms with Crippen LogP contribution in [0, 0.1) is 5.92 Å². The minimum absolute atomic E-state index is 0.327. The second kappa shape index (κ2) is 5.88. The van der Waals surface area contributed by atoms with Crippen molar-refractivity contribution in [3.8, 4) is 5.75 Å². The minimum Gasteiger partial charge on any atom is -0.508 e. The molecule has 0 saturated carbocycles. The molecule has 0 amide bonds. The maximum absolute atomic E-state index is 9.37. The summed E-state index contributed by atoms with van der Waals surface area (Å²) in [6.07, 6.45) is 4.08. The van der Waals surface area contributed by atoms with Gasteiger partial charge in [0, 0.05) is 13.1 Å². The first-order valence-electron chi connectivity index (χ1n) is 8.02. The van der Waals surface area contributed by atoms with Gasteiger partial charge in [-0.15, -0.1) is 0 Å². The largest absolute Gasteiger partial charge is 0.508 e. The van der Waals surface area contributed by atoms with E-state index in [1.807, 2.05) is 42.6 Å². The number of nitrogens with zero attached hydrogens (tertiary/aromatic N) is 3. The molecular weight excluding hydrogens is 286 g/mol. The molecule has 1 aliphatic rings. The van der Waals surface area contributed by atoms with Crippen LogP contribution in [0.3, 0.4) is 0 Å². The SMILES string of the molecule is Oc1ccc(CC2CCN(c3cnc4ccccc4n3)C2)cc1. The predicted octanol–water partition coefficient (Wildman–Crippen LogP) is 3.40. The van der Waals surface area contributed by atoms with Crippen molar-refractivity contribution in [1.82, 2.24) is 9.97 Å². The molecule has 4 rings (SSSR count). The van der Waals surface area contributed by atoms with Gasteiger partial charge in [0.15, 0.2) is 0 Å². The zero-order chi connectivity index (χ0) is 15.6. The van der Waals surface area contributed by atoms with E-state index >= 15 is 0 Å². The van der Waals surface area contributed by atoms with Crippen LogP contribution in [0.4, 0.5) is 5.82 Å². The number of fused-ring (bicyclic) bond motifs is 1. The Bertz CT molecular complexity index is 816. The van der Waals surface area contributed by atoms with Crippen molar-refractivity contribution in [2.24, 2.45) is 5.92 Å². The number of benzene rings is 2. The van der Waals surface area contributed by atoms with Gasteiger partial charge >= 0.3 is 0 Å². The molecule has 1 fully saturated rings. The lowest BCUT2D eigenvalue weighted by Crippen LogP contribution is -2.21. The molecule has 0 bridgehead atoms. The van der Waals surface area contributed by atoms with Crippen molar-refractivity contribution in [2.45, 2.75) is 12.8 Å². The summed E-state index contributed by atoms with van der Waals surface area (Å²) >= 11 is 0.